The highest BCUT2D eigenvalue weighted by atomic mass is 28.4. The summed E-state index contributed by atoms with van der Waals surface area (Å²) in [4.78, 5) is 4.99. The Kier molecular flexibility index (Phi) is 7.61. The molecule has 1 aliphatic heterocycles. The fraction of sp³-hybridized carbons (Fsp3) is 0.444. The smallest absolute Gasteiger partial charge is 0.250 e. The Labute approximate surface area is 195 Å². The van der Waals surface area contributed by atoms with E-state index in [0.717, 1.165) is 38.5 Å². The zero-order chi connectivity index (χ0) is 23.4. The van der Waals surface area contributed by atoms with Crippen molar-refractivity contribution in [3.05, 3.63) is 77.9 Å². The highest BCUT2D eigenvalue weighted by Gasteiger charge is 2.39. The van der Waals surface area contributed by atoms with Crippen molar-refractivity contribution >= 4 is 8.32 Å². The zero-order valence-corrected chi connectivity index (χ0v) is 21.3. The molecule has 32 heavy (non-hydrogen) atoms. The standard InChI is InChI=1S/C27H37N3OSi/c1-7-15-29-16-18-30(19-17-29)26(23-13-11-22(21-28)12-14-23)24-9-8-10-25(20-24)31-32(5,6)27(2,3)4/h7-14,20,26H,1,15-19H2,2-6H3. The van der Waals surface area contributed by atoms with Crippen LogP contribution < -0.4 is 4.43 Å². The van der Waals surface area contributed by atoms with Crippen molar-refractivity contribution in [3.8, 4) is 11.8 Å². The van der Waals surface area contributed by atoms with Crippen LogP contribution in [0.25, 0.3) is 0 Å². The molecule has 0 aromatic heterocycles. The molecule has 1 heterocycles. The summed E-state index contributed by atoms with van der Waals surface area (Å²) in [5.41, 5.74) is 3.15. The first-order valence-electron chi connectivity index (χ1n) is 11.5. The minimum absolute atomic E-state index is 0.136. The van der Waals surface area contributed by atoms with E-state index in [1.54, 1.807) is 0 Å². The molecule has 1 unspecified atom stereocenters. The normalized spacial score (nSPS) is 16.9. The van der Waals surface area contributed by atoms with E-state index in [9.17, 15) is 5.26 Å². The zero-order valence-electron chi connectivity index (χ0n) is 20.3. The van der Waals surface area contributed by atoms with Gasteiger partial charge in [0.15, 0.2) is 0 Å². The van der Waals surface area contributed by atoms with Gasteiger partial charge in [-0.15, -0.1) is 6.58 Å². The molecule has 0 N–H and O–H groups in total. The molecule has 1 fully saturated rings. The third kappa shape index (κ3) is 5.69. The van der Waals surface area contributed by atoms with Crippen LogP contribution in [0, 0.1) is 11.3 Å². The molecule has 5 heteroatoms. The minimum atomic E-state index is -1.92. The Hall–Kier alpha value is -2.39. The predicted molar refractivity (Wildman–Crippen MR) is 135 cm³/mol. The molecular weight excluding hydrogens is 410 g/mol. The average Bonchev–Trinajstić information content (AvgIpc) is 2.75. The van der Waals surface area contributed by atoms with Crippen LogP contribution in [0.5, 0.6) is 5.75 Å². The summed E-state index contributed by atoms with van der Waals surface area (Å²) < 4.78 is 6.62. The van der Waals surface area contributed by atoms with Gasteiger partial charge in [0.05, 0.1) is 17.7 Å². The lowest BCUT2D eigenvalue weighted by molar-refractivity contribution is 0.117. The molecule has 0 saturated carbocycles. The average molecular weight is 448 g/mol. The molecule has 2 aromatic rings. The fourth-order valence-electron chi connectivity index (χ4n) is 3.94. The summed E-state index contributed by atoms with van der Waals surface area (Å²) in [6, 6.07) is 19.0. The Balaban J connectivity index is 1.93. The molecule has 0 radical (unpaired) electrons. The monoisotopic (exact) mass is 447 g/mol. The van der Waals surface area contributed by atoms with Crippen LogP contribution in [-0.4, -0.2) is 50.8 Å². The van der Waals surface area contributed by atoms with E-state index in [4.69, 9.17) is 4.43 Å². The van der Waals surface area contributed by atoms with Crippen molar-refractivity contribution in [1.82, 2.24) is 9.80 Å². The van der Waals surface area contributed by atoms with Gasteiger partial charge in [-0.3, -0.25) is 9.80 Å². The highest BCUT2D eigenvalue weighted by Crippen LogP contribution is 2.38. The maximum atomic E-state index is 9.24. The highest BCUT2D eigenvalue weighted by molar-refractivity contribution is 6.74. The molecule has 1 saturated heterocycles. The second-order valence-corrected chi connectivity index (χ2v) is 14.9. The Morgan fingerprint density at radius 3 is 2.28 bits per heavy atom. The van der Waals surface area contributed by atoms with Crippen LogP contribution in [0.15, 0.2) is 61.2 Å². The third-order valence-corrected chi connectivity index (χ3v) is 11.2. The Bertz CT molecular complexity index is 948. The third-order valence-electron chi connectivity index (χ3n) is 6.87. The summed E-state index contributed by atoms with van der Waals surface area (Å²) >= 11 is 0. The van der Waals surface area contributed by atoms with Gasteiger partial charge >= 0.3 is 0 Å². The van der Waals surface area contributed by atoms with Crippen molar-refractivity contribution in [2.75, 3.05) is 32.7 Å². The minimum Gasteiger partial charge on any atom is -0.543 e. The summed E-state index contributed by atoms with van der Waals surface area (Å²) in [5, 5.41) is 9.39. The summed E-state index contributed by atoms with van der Waals surface area (Å²) in [6.07, 6.45) is 1.98. The quantitative estimate of drug-likeness (QED) is 0.395. The van der Waals surface area contributed by atoms with Gasteiger partial charge < -0.3 is 4.43 Å². The van der Waals surface area contributed by atoms with E-state index in [1.807, 2.05) is 18.2 Å². The summed E-state index contributed by atoms with van der Waals surface area (Å²) in [6.45, 7) is 20.2. The fourth-order valence-corrected chi connectivity index (χ4v) is 4.96. The number of nitriles is 1. The van der Waals surface area contributed by atoms with Crippen molar-refractivity contribution in [3.63, 3.8) is 0 Å². The van der Waals surface area contributed by atoms with Crippen molar-refractivity contribution in [1.29, 1.82) is 5.26 Å². The Morgan fingerprint density at radius 2 is 1.72 bits per heavy atom. The molecule has 3 rings (SSSR count). The van der Waals surface area contributed by atoms with E-state index in [0.29, 0.717) is 5.56 Å². The van der Waals surface area contributed by atoms with E-state index < -0.39 is 8.32 Å². The first-order valence-corrected chi connectivity index (χ1v) is 14.4. The molecule has 0 amide bonds. The lowest BCUT2D eigenvalue weighted by Crippen LogP contribution is -2.47. The first kappa shape index (κ1) is 24.3. The molecule has 2 aromatic carbocycles. The van der Waals surface area contributed by atoms with Gasteiger partial charge in [-0.25, -0.2) is 0 Å². The van der Waals surface area contributed by atoms with Crippen LogP contribution in [-0.2, 0) is 0 Å². The van der Waals surface area contributed by atoms with Crippen LogP contribution in [0.2, 0.25) is 18.1 Å². The van der Waals surface area contributed by atoms with Crippen LogP contribution in [0.3, 0.4) is 0 Å². The number of hydrogen-bond donors (Lipinski definition) is 0. The van der Waals surface area contributed by atoms with Crippen molar-refractivity contribution in [2.45, 2.75) is 44.9 Å². The second kappa shape index (κ2) is 10.0. The van der Waals surface area contributed by atoms with E-state index in [-0.39, 0.29) is 11.1 Å². The van der Waals surface area contributed by atoms with Crippen LogP contribution >= 0.6 is 0 Å². The van der Waals surface area contributed by atoms with Gasteiger partial charge in [0, 0.05) is 32.7 Å². The molecule has 0 aliphatic carbocycles. The van der Waals surface area contributed by atoms with Gasteiger partial charge in [0.2, 0.25) is 8.32 Å². The van der Waals surface area contributed by atoms with Crippen LogP contribution in [0.1, 0.15) is 43.5 Å². The van der Waals surface area contributed by atoms with Gasteiger partial charge in [0.25, 0.3) is 0 Å². The lowest BCUT2D eigenvalue weighted by Gasteiger charge is -2.40. The molecule has 1 atom stereocenters. The van der Waals surface area contributed by atoms with E-state index in [2.05, 4.69) is 92.7 Å². The SMILES string of the molecule is C=CCN1CCN(C(c2ccc(C#N)cc2)c2cccc(O[Si](C)(C)C(C)(C)C)c2)CC1. The largest absolute Gasteiger partial charge is 0.543 e. The maximum absolute atomic E-state index is 9.24. The Morgan fingerprint density at radius 1 is 1.06 bits per heavy atom. The molecule has 1 aliphatic rings. The molecule has 170 valence electrons. The topological polar surface area (TPSA) is 39.5 Å². The lowest BCUT2D eigenvalue weighted by atomic mass is 9.95. The van der Waals surface area contributed by atoms with E-state index >= 15 is 0 Å². The number of nitrogens with zero attached hydrogens (tertiary/aromatic N) is 3. The van der Waals surface area contributed by atoms with Gasteiger partial charge in [-0.05, 0) is 53.5 Å². The van der Waals surface area contributed by atoms with Crippen molar-refractivity contribution < 1.29 is 4.43 Å². The van der Waals surface area contributed by atoms with Gasteiger partial charge in [0.1, 0.15) is 5.75 Å². The second-order valence-electron chi connectivity index (χ2n) is 10.2. The van der Waals surface area contributed by atoms with Gasteiger partial charge in [-0.2, -0.15) is 5.26 Å². The predicted octanol–water partition coefficient (Wildman–Crippen LogP) is 5.84. The number of piperazine rings is 1. The van der Waals surface area contributed by atoms with Crippen LogP contribution in [0.4, 0.5) is 0 Å². The molecule has 0 spiro atoms. The van der Waals surface area contributed by atoms with Crippen molar-refractivity contribution in [2.24, 2.45) is 0 Å². The number of hydrogen-bond acceptors (Lipinski definition) is 4. The molecule has 4 nitrogen and oxygen atoms in total. The maximum Gasteiger partial charge on any atom is 0.250 e. The number of benzene rings is 2. The van der Waals surface area contributed by atoms with E-state index in [1.165, 1.54) is 11.1 Å². The summed E-state index contributed by atoms with van der Waals surface area (Å²) in [5.74, 6) is 0.957. The molecule has 0 bridgehead atoms. The summed E-state index contributed by atoms with van der Waals surface area (Å²) in [7, 11) is -1.92. The first-order chi connectivity index (χ1) is 15.1. The van der Waals surface area contributed by atoms with Gasteiger partial charge in [-0.1, -0.05) is 51.1 Å². The molecular formula is C27H37N3OSi. The number of rotatable bonds is 7.